The summed E-state index contributed by atoms with van der Waals surface area (Å²) in [6, 6.07) is 2.38. The fourth-order valence-electron chi connectivity index (χ4n) is 1.43. The minimum absolute atomic E-state index is 0.176. The summed E-state index contributed by atoms with van der Waals surface area (Å²) in [6.07, 6.45) is 0. The topological polar surface area (TPSA) is 131 Å². The van der Waals surface area contributed by atoms with Crippen LogP contribution in [0.25, 0.3) is 11.0 Å². The lowest BCUT2D eigenvalue weighted by Gasteiger charge is -2.00. The van der Waals surface area contributed by atoms with Crippen LogP contribution in [0.15, 0.2) is 27.4 Å². The van der Waals surface area contributed by atoms with Crippen LogP contribution in [-0.4, -0.2) is 21.1 Å². The van der Waals surface area contributed by atoms with Gasteiger partial charge in [0.2, 0.25) is 5.76 Å². The Bertz CT molecular complexity index is 731. The molecule has 8 nitrogen and oxygen atoms in total. The largest absolute Gasteiger partial charge is 0.502 e. The molecule has 0 fully saturated rings. The predicted molar refractivity (Wildman–Crippen MR) is 57.8 cm³/mol. The van der Waals surface area contributed by atoms with Crippen LogP contribution in [0.3, 0.4) is 0 Å². The van der Waals surface area contributed by atoms with E-state index in [2.05, 4.69) is 0 Å². The van der Waals surface area contributed by atoms with Crippen LogP contribution >= 0.6 is 0 Å². The fourth-order valence-corrected chi connectivity index (χ4v) is 1.43. The van der Waals surface area contributed by atoms with Crippen molar-refractivity contribution in [2.45, 2.75) is 0 Å². The van der Waals surface area contributed by atoms with Gasteiger partial charge in [-0.2, -0.15) is 0 Å². The number of carboxylic acid groups (broad SMARTS) is 1. The Morgan fingerprint density at radius 1 is 1.33 bits per heavy atom. The van der Waals surface area contributed by atoms with E-state index in [9.17, 15) is 24.8 Å². The highest BCUT2D eigenvalue weighted by atomic mass is 16.6. The minimum Gasteiger partial charge on any atom is -0.502 e. The Morgan fingerprint density at radius 2 is 2.00 bits per heavy atom. The van der Waals surface area contributed by atoms with E-state index in [0.29, 0.717) is 6.07 Å². The van der Waals surface area contributed by atoms with Crippen molar-refractivity contribution < 1.29 is 24.3 Å². The van der Waals surface area contributed by atoms with Gasteiger partial charge >= 0.3 is 11.7 Å². The van der Waals surface area contributed by atoms with Crippen molar-refractivity contribution in [2.24, 2.45) is 0 Å². The number of nitro groups is 1. The zero-order chi connectivity index (χ0) is 13.4. The van der Waals surface area contributed by atoms with Crippen molar-refractivity contribution in [2.75, 3.05) is 0 Å². The third-order valence-electron chi connectivity index (χ3n) is 2.23. The molecule has 0 aliphatic carbocycles. The summed E-state index contributed by atoms with van der Waals surface area (Å²) in [5.41, 5.74) is -1.63. The van der Waals surface area contributed by atoms with Gasteiger partial charge in [-0.05, 0) is 0 Å². The number of rotatable bonds is 2. The standard InChI is InChI=1S/C10H5NO7/c12-6-2-9(10(14)15)18-8-3-7(13)5(11(16)17)1-4(6)8/h1-3,13H,(H,14,15). The summed E-state index contributed by atoms with van der Waals surface area (Å²) >= 11 is 0. The Hall–Kier alpha value is -2.90. The van der Waals surface area contributed by atoms with Crippen molar-refractivity contribution in [3.63, 3.8) is 0 Å². The van der Waals surface area contributed by atoms with Gasteiger partial charge < -0.3 is 14.6 Å². The van der Waals surface area contributed by atoms with E-state index >= 15 is 0 Å². The van der Waals surface area contributed by atoms with Gasteiger partial charge in [-0.1, -0.05) is 0 Å². The molecule has 0 atom stereocenters. The molecule has 0 spiro atoms. The van der Waals surface area contributed by atoms with Crippen LogP contribution < -0.4 is 5.43 Å². The summed E-state index contributed by atoms with van der Waals surface area (Å²) in [5.74, 6) is -2.77. The number of phenolic OH excluding ortho intramolecular Hbond substituents is 1. The number of fused-ring (bicyclic) bond motifs is 1. The molecule has 2 rings (SSSR count). The molecule has 92 valence electrons. The second-order valence-electron chi connectivity index (χ2n) is 3.37. The molecule has 0 amide bonds. The summed E-state index contributed by atoms with van der Waals surface area (Å²) in [6.45, 7) is 0. The van der Waals surface area contributed by atoms with Gasteiger partial charge in [0, 0.05) is 18.2 Å². The van der Waals surface area contributed by atoms with Crippen molar-refractivity contribution in [3.05, 3.63) is 44.3 Å². The molecule has 0 unspecified atom stereocenters. The second kappa shape index (κ2) is 3.84. The third-order valence-corrected chi connectivity index (χ3v) is 2.23. The first-order valence-corrected chi connectivity index (χ1v) is 4.58. The SMILES string of the molecule is O=C(O)c1cc(=O)c2cc([N+](=O)[O-])c(O)cc2o1. The van der Waals surface area contributed by atoms with Crippen LogP contribution in [0.5, 0.6) is 5.75 Å². The second-order valence-corrected chi connectivity index (χ2v) is 3.37. The molecule has 2 N–H and O–H groups in total. The van der Waals surface area contributed by atoms with E-state index < -0.39 is 33.5 Å². The number of phenols is 1. The van der Waals surface area contributed by atoms with Crippen LogP contribution in [-0.2, 0) is 0 Å². The highest BCUT2D eigenvalue weighted by molar-refractivity contribution is 5.88. The van der Waals surface area contributed by atoms with Crippen molar-refractivity contribution in [1.82, 2.24) is 0 Å². The van der Waals surface area contributed by atoms with Crippen LogP contribution in [0.2, 0.25) is 0 Å². The van der Waals surface area contributed by atoms with E-state index in [1.54, 1.807) is 0 Å². The van der Waals surface area contributed by atoms with Gasteiger partial charge in [0.25, 0.3) is 0 Å². The van der Waals surface area contributed by atoms with E-state index in [0.717, 1.165) is 12.1 Å². The molecule has 0 radical (unpaired) electrons. The molecule has 2 aromatic rings. The zero-order valence-electron chi connectivity index (χ0n) is 8.61. The lowest BCUT2D eigenvalue weighted by molar-refractivity contribution is -0.385. The number of hydrogen-bond acceptors (Lipinski definition) is 6. The molecule has 0 saturated heterocycles. The van der Waals surface area contributed by atoms with Gasteiger partial charge in [0.1, 0.15) is 5.58 Å². The lowest BCUT2D eigenvalue weighted by atomic mass is 10.2. The number of carboxylic acids is 1. The molecular weight excluding hydrogens is 246 g/mol. The van der Waals surface area contributed by atoms with E-state index in [4.69, 9.17) is 9.52 Å². The third kappa shape index (κ3) is 1.75. The first kappa shape index (κ1) is 11.6. The molecule has 0 saturated carbocycles. The summed E-state index contributed by atoms with van der Waals surface area (Å²) in [5, 5.41) is 28.4. The molecule has 1 aromatic heterocycles. The fraction of sp³-hybridized carbons (Fsp3) is 0. The van der Waals surface area contributed by atoms with E-state index in [1.807, 2.05) is 0 Å². The quantitative estimate of drug-likeness (QED) is 0.603. The average Bonchev–Trinajstić information content (AvgIpc) is 2.27. The number of benzene rings is 1. The van der Waals surface area contributed by atoms with Crippen LogP contribution in [0, 0.1) is 10.1 Å². The number of aromatic carboxylic acids is 1. The predicted octanol–water partition coefficient (Wildman–Crippen LogP) is 1.10. The maximum absolute atomic E-state index is 11.6. The Labute approximate surface area is 97.8 Å². The molecule has 8 heteroatoms. The number of hydrogen-bond donors (Lipinski definition) is 2. The molecule has 1 aromatic carbocycles. The zero-order valence-corrected chi connectivity index (χ0v) is 8.61. The van der Waals surface area contributed by atoms with E-state index in [-0.39, 0.29) is 11.0 Å². The van der Waals surface area contributed by atoms with Crippen molar-refractivity contribution in [3.8, 4) is 5.75 Å². The average molecular weight is 251 g/mol. The highest BCUT2D eigenvalue weighted by Gasteiger charge is 2.18. The van der Waals surface area contributed by atoms with Crippen LogP contribution in [0.4, 0.5) is 5.69 Å². The van der Waals surface area contributed by atoms with Crippen molar-refractivity contribution in [1.29, 1.82) is 0 Å². The monoisotopic (exact) mass is 251 g/mol. The number of aromatic hydroxyl groups is 1. The van der Waals surface area contributed by atoms with Gasteiger partial charge in [-0.25, -0.2) is 4.79 Å². The lowest BCUT2D eigenvalue weighted by Crippen LogP contribution is -2.06. The number of nitro benzene ring substituents is 1. The first-order valence-electron chi connectivity index (χ1n) is 4.58. The maximum atomic E-state index is 11.6. The number of nitrogens with zero attached hydrogens (tertiary/aromatic N) is 1. The van der Waals surface area contributed by atoms with Gasteiger partial charge in [0.05, 0.1) is 10.3 Å². The molecule has 0 bridgehead atoms. The number of carbonyl (C=O) groups is 1. The molecule has 18 heavy (non-hydrogen) atoms. The molecule has 1 heterocycles. The van der Waals surface area contributed by atoms with Crippen molar-refractivity contribution >= 4 is 22.6 Å². The highest BCUT2D eigenvalue weighted by Crippen LogP contribution is 2.29. The van der Waals surface area contributed by atoms with Crippen LogP contribution in [0.1, 0.15) is 10.6 Å². The summed E-state index contributed by atoms with van der Waals surface area (Å²) in [4.78, 5) is 31.9. The summed E-state index contributed by atoms with van der Waals surface area (Å²) < 4.78 is 4.84. The Kier molecular flexibility index (Phi) is 2.47. The molecule has 0 aliphatic heterocycles. The first-order chi connectivity index (χ1) is 8.40. The van der Waals surface area contributed by atoms with Gasteiger partial charge in [-0.15, -0.1) is 0 Å². The van der Waals surface area contributed by atoms with Gasteiger partial charge in [-0.3, -0.25) is 14.9 Å². The molecule has 0 aliphatic rings. The Morgan fingerprint density at radius 3 is 2.56 bits per heavy atom. The Balaban J connectivity index is 2.85. The molecular formula is C10H5NO7. The van der Waals surface area contributed by atoms with E-state index in [1.165, 1.54) is 0 Å². The maximum Gasteiger partial charge on any atom is 0.371 e. The van der Waals surface area contributed by atoms with Gasteiger partial charge in [0.15, 0.2) is 11.2 Å². The summed E-state index contributed by atoms with van der Waals surface area (Å²) in [7, 11) is 0. The minimum atomic E-state index is -1.45. The smallest absolute Gasteiger partial charge is 0.371 e. The normalized spacial score (nSPS) is 10.4.